The minimum Gasteiger partial charge on any atom is -0.459 e. The van der Waals surface area contributed by atoms with Gasteiger partial charge in [-0.05, 0) is 65.9 Å². The van der Waals surface area contributed by atoms with E-state index in [1.807, 2.05) is 78.9 Å². The van der Waals surface area contributed by atoms with E-state index < -0.39 is 7.25 Å². The van der Waals surface area contributed by atoms with Crippen LogP contribution in [-0.4, -0.2) is 41.7 Å². The Balaban J connectivity index is 1.16. The van der Waals surface area contributed by atoms with E-state index in [1.54, 1.807) is 11.8 Å². The van der Waals surface area contributed by atoms with Crippen molar-refractivity contribution in [2.45, 2.75) is 15.3 Å². The van der Waals surface area contributed by atoms with Crippen molar-refractivity contribution in [3.8, 4) is 11.5 Å². The molecule has 46 heavy (non-hydrogen) atoms. The van der Waals surface area contributed by atoms with E-state index in [9.17, 15) is 0 Å². The lowest BCUT2D eigenvalue weighted by Crippen LogP contribution is -2.40. The van der Waals surface area contributed by atoms with Crippen LogP contribution in [0.5, 0.6) is 11.5 Å². The topological polar surface area (TPSA) is 94.6 Å². The Kier molecular flexibility index (Phi) is 6.57. The third kappa shape index (κ3) is 4.90. The average Bonchev–Trinajstić information content (AvgIpc) is 3.92. The lowest BCUT2D eigenvalue weighted by Gasteiger charge is -2.11. The van der Waals surface area contributed by atoms with E-state index in [0.717, 1.165) is 65.0 Å². The van der Waals surface area contributed by atoms with Gasteiger partial charge in [-0.1, -0.05) is 66.7 Å². The molecule has 0 spiro atoms. The van der Waals surface area contributed by atoms with Gasteiger partial charge in [0.15, 0.2) is 16.0 Å². The molecule has 0 saturated carbocycles. The standard InChI is InChI=1S/C35H23BN6O2S2/c1-2-10-22(11-3-1)33(27-18-20-31(37-27)45-34-38-23-12-4-5-13-24(23)39-34)28-19-21-32(46-35-40-25-14-6-7-15-26(25)41-35)42(28)36-43-29-16-8-9-17-30(29)44-36/h1-21H,(H2,38,39,40,41)/p+1. The molecule has 9 rings (SSSR count). The fourth-order valence-corrected chi connectivity index (χ4v) is 7.44. The molecule has 0 atom stereocenters. The molecule has 8 nitrogen and oxygen atoms in total. The summed E-state index contributed by atoms with van der Waals surface area (Å²) in [7, 11) is -0.715. The van der Waals surface area contributed by atoms with Crippen LogP contribution in [0.3, 0.4) is 0 Å². The van der Waals surface area contributed by atoms with Gasteiger partial charge in [0.25, 0.3) is 0 Å². The number of benzene rings is 4. The Morgan fingerprint density at radius 1 is 0.609 bits per heavy atom. The molecule has 2 aliphatic heterocycles. The summed E-state index contributed by atoms with van der Waals surface area (Å²) in [6.07, 6.45) is 4.22. The number of hydrogen-bond acceptors (Lipinski definition) is 6. The quantitative estimate of drug-likeness (QED) is 0.161. The number of aromatic nitrogens is 5. The minimum atomic E-state index is -0.715. The number of nitrogens with zero attached hydrogens (tertiary/aromatic N) is 3. The van der Waals surface area contributed by atoms with Gasteiger partial charge in [-0.25, -0.2) is 9.97 Å². The van der Waals surface area contributed by atoms with Crippen LogP contribution in [0.4, 0.5) is 0 Å². The third-order valence-electron chi connectivity index (χ3n) is 7.79. The molecule has 2 aliphatic rings. The summed E-state index contributed by atoms with van der Waals surface area (Å²) in [4.78, 5) is 20.1. The minimum absolute atomic E-state index is 0.706. The van der Waals surface area contributed by atoms with E-state index >= 15 is 0 Å². The van der Waals surface area contributed by atoms with Gasteiger partial charge in [-0.2, -0.15) is 4.49 Å². The van der Waals surface area contributed by atoms with Gasteiger partial charge >= 0.3 is 7.25 Å². The maximum Gasteiger partial charge on any atom is 0.997 e. The molecule has 11 heteroatoms. The number of para-hydroxylation sites is 6. The molecule has 3 N–H and O–H groups in total. The Hall–Kier alpha value is -5.39. The normalized spacial score (nSPS) is 15.1. The Morgan fingerprint density at radius 3 is 1.89 bits per heavy atom. The summed E-state index contributed by atoms with van der Waals surface area (Å²) in [6, 6.07) is 38.4. The molecule has 5 heterocycles. The number of fused-ring (bicyclic) bond motifs is 3. The van der Waals surface area contributed by atoms with Crippen LogP contribution in [0, 0.1) is 0 Å². The SMILES string of the molecule is C1=CC(Sc2nc3ccccc3[nH]2)=[N+](B2Oc3ccccc3O2)C1=C(c1ccccc1)c1ccc(Sc2nc3ccccc3[nH]2)[nH]1. The molecular weight excluding hydrogens is 611 g/mol. The summed E-state index contributed by atoms with van der Waals surface area (Å²) < 4.78 is 14.9. The van der Waals surface area contributed by atoms with E-state index in [1.165, 1.54) is 11.8 Å². The molecule has 220 valence electrons. The van der Waals surface area contributed by atoms with Crippen molar-refractivity contribution < 1.29 is 13.8 Å². The third-order valence-corrected chi connectivity index (χ3v) is 9.56. The first-order chi connectivity index (χ1) is 22.7. The molecule has 3 aromatic heterocycles. The second-order valence-corrected chi connectivity index (χ2v) is 12.8. The maximum absolute atomic E-state index is 6.42. The van der Waals surface area contributed by atoms with Crippen LogP contribution in [-0.2, 0) is 0 Å². The van der Waals surface area contributed by atoms with Crippen molar-refractivity contribution in [3.63, 3.8) is 0 Å². The zero-order chi connectivity index (χ0) is 30.5. The number of thioether (sulfide) groups is 1. The molecule has 4 aromatic carbocycles. The lowest BCUT2D eigenvalue weighted by atomic mass is 9.97. The van der Waals surface area contributed by atoms with Gasteiger partial charge < -0.3 is 24.3 Å². The maximum atomic E-state index is 6.42. The molecule has 0 amide bonds. The highest BCUT2D eigenvalue weighted by molar-refractivity contribution is 8.14. The molecule has 0 saturated heterocycles. The van der Waals surface area contributed by atoms with Gasteiger partial charge in [0, 0.05) is 23.9 Å². The first-order valence-electron chi connectivity index (χ1n) is 14.8. The zero-order valence-corrected chi connectivity index (χ0v) is 25.8. The Morgan fingerprint density at radius 2 is 1.22 bits per heavy atom. The largest absolute Gasteiger partial charge is 0.997 e. The zero-order valence-electron chi connectivity index (χ0n) is 24.2. The number of rotatable bonds is 6. The van der Waals surface area contributed by atoms with Gasteiger partial charge in [0.2, 0.25) is 5.04 Å². The number of nitrogens with one attached hydrogen (secondary N) is 3. The first-order valence-corrected chi connectivity index (χ1v) is 16.4. The highest BCUT2D eigenvalue weighted by atomic mass is 32.2. The van der Waals surface area contributed by atoms with Crippen molar-refractivity contribution in [2.24, 2.45) is 0 Å². The van der Waals surface area contributed by atoms with E-state index in [0.29, 0.717) is 11.5 Å². The van der Waals surface area contributed by atoms with Crippen LogP contribution in [0.25, 0.3) is 27.6 Å². The van der Waals surface area contributed by atoms with Crippen LogP contribution in [0.15, 0.2) is 148 Å². The fourth-order valence-electron chi connectivity index (χ4n) is 5.71. The molecular formula is C35H24BN6O2S2+. The predicted molar refractivity (Wildman–Crippen MR) is 183 cm³/mol. The van der Waals surface area contributed by atoms with Crippen molar-refractivity contribution in [2.75, 3.05) is 0 Å². The van der Waals surface area contributed by atoms with Crippen LogP contribution < -0.4 is 9.31 Å². The summed E-state index contributed by atoms with van der Waals surface area (Å²) in [6.45, 7) is 0. The summed E-state index contributed by atoms with van der Waals surface area (Å²) in [5, 5.41) is 3.50. The molecule has 0 radical (unpaired) electrons. The van der Waals surface area contributed by atoms with Crippen molar-refractivity contribution in [3.05, 3.63) is 144 Å². The Bertz CT molecular complexity index is 2270. The monoisotopic (exact) mass is 635 g/mol. The average molecular weight is 636 g/mol. The fraction of sp³-hybridized carbons (Fsp3) is 0. The van der Waals surface area contributed by atoms with Gasteiger partial charge in [0.1, 0.15) is 11.5 Å². The van der Waals surface area contributed by atoms with Gasteiger partial charge in [-0.3, -0.25) is 0 Å². The molecule has 7 aromatic rings. The smallest absolute Gasteiger partial charge is 0.459 e. The summed E-state index contributed by atoms with van der Waals surface area (Å²) >= 11 is 3.10. The van der Waals surface area contributed by atoms with Crippen LogP contribution in [0.1, 0.15) is 11.3 Å². The number of imidazole rings is 2. The van der Waals surface area contributed by atoms with Crippen LogP contribution >= 0.6 is 23.5 Å². The van der Waals surface area contributed by atoms with Crippen molar-refractivity contribution >= 4 is 63.5 Å². The van der Waals surface area contributed by atoms with Crippen molar-refractivity contribution in [1.82, 2.24) is 24.9 Å². The molecule has 0 bridgehead atoms. The van der Waals surface area contributed by atoms with Gasteiger partial charge in [-0.15, -0.1) is 0 Å². The highest BCUT2D eigenvalue weighted by Crippen LogP contribution is 2.39. The Labute approximate surface area is 272 Å². The van der Waals surface area contributed by atoms with E-state index in [2.05, 4.69) is 68.0 Å². The van der Waals surface area contributed by atoms with E-state index in [-0.39, 0.29) is 0 Å². The molecule has 0 unspecified atom stereocenters. The first kappa shape index (κ1) is 27.0. The van der Waals surface area contributed by atoms with E-state index in [4.69, 9.17) is 19.3 Å². The molecule has 0 aliphatic carbocycles. The van der Waals surface area contributed by atoms with Crippen molar-refractivity contribution in [1.29, 1.82) is 0 Å². The number of hydrogen-bond donors (Lipinski definition) is 3. The molecule has 0 fully saturated rings. The number of H-pyrrole nitrogens is 3. The second kappa shape index (κ2) is 11.2. The van der Waals surface area contributed by atoms with Gasteiger partial charge in [0.05, 0.1) is 38.4 Å². The predicted octanol–water partition coefficient (Wildman–Crippen LogP) is 7.91. The second-order valence-electron chi connectivity index (χ2n) is 10.7. The van der Waals surface area contributed by atoms with Crippen LogP contribution in [0.2, 0.25) is 0 Å². The number of allylic oxidation sites excluding steroid dienone is 1. The summed E-state index contributed by atoms with van der Waals surface area (Å²) in [5.41, 5.74) is 7.82. The number of aromatic amines is 3. The highest BCUT2D eigenvalue weighted by Gasteiger charge is 2.54. The summed E-state index contributed by atoms with van der Waals surface area (Å²) in [5.74, 6) is 1.41. The lowest BCUT2D eigenvalue weighted by molar-refractivity contribution is -0.343.